The lowest BCUT2D eigenvalue weighted by molar-refractivity contribution is 0.355. The SMILES string of the molecule is COc1ccc(C=Cc2nnc(N)n(N)c2=O)cc1OC.Cl. The van der Waals surface area contributed by atoms with E-state index in [0.29, 0.717) is 11.5 Å². The van der Waals surface area contributed by atoms with E-state index in [1.807, 2.05) is 6.07 Å². The molecule has 0 saturated heterocycles. The number of anilines is 1. The van der Waals surface area contributed by atoms with Crippen LogP contribution in [0, 0.1) is 0 Å². The third-order valence-corrected chi connectivity index (χ3v) is 2.79. The van der Waals surface area contributed by atoms with Gasteiger partial charge < -0.3 is 21.1 Å². The van der Waals surface area contributed by atoms with Crippen LogP contribution in [0.25, 0.3) is 12.2 Å². The summed E-state index contributed by atoms with van der Waals surface area (Å²) in [7, 11) is 3.10. The number of rotatable bonds is 4. The molecule has 0 aliphatic rings. The molecule has 0 bridgehead atoms. The molecule has 0 unspecified atom stereocenters. The van der Waals surface area contributed by atoms with Gasteiger partial charge in [-0.3, -0.25) is 4.79 Å². The van der Waals surface area contributed by atoms with Crippen LogP contribution >= 0.6 is 12.4 Å². The molecule has 22 heavy (non-hydrogen) atoms. The molecule has 4 N–H and O–H groups in total. The van der Waals surface area contributed by atoms with Crippen LogP contribution < -0.4 is 26.6 Å². The summed E-state index contributed by atoms with van der Waals surface area (Å²) in [5.41, 5.74) is 5.73. The molecule has 2 aromatic rings. The summed E-state index contributed by atoms with van der Waals surface area (Å²) in [6, 6.07) is 5.33. The molecule has 0 amide bonds. The predicted molar refractivity (Wildman–Crippen MR) is 86.6 cm³/mol. The van der Waals surface area contributed by atoms with E-state index < -0.39 is 5.56 Å². The van der Waals surface area contributed by atoms with Crippen molar-refractivity contribution in [2.45, 2.75) is 0 Å². The fourth-order valence-electron chi connectivity index (χ4n) is 1.66. The van der Waals surface area contributed by atoms with Gasteiger partial charge in [0.25, 0.3) is 5.56 Å². The number of nitrogens with zero attached hydrogens (tertiary/aromatic N) is 3. The van der Waals surface area contributed by atoms with Gasteiger partial charge in [0.05, 0.1) is 14.2 Å². The lowest BCUT2D eigenvalue weighted by atomic mass is 10.2. The van der Waals surface area contributed by atoms with Gasteiger partial charge in [-0.1, -0.05) is 12.1 Å². The maximum atomic E-state index is 11.8. The van der Waals surface area contributed by atoms with Crippen molar-refractivity contribution >= 4 is 30.5 Å². The molecule has 0 saturated carbocycles. The number of hydrogen-bond donors (Lipinski definition) is 2. The second kappa shape index (κ2) is 7.32. The summed E-state index contributed by atoms with van der Waals surface area (Å²) in [5, 5.41) is 7.28. The van der Waals surface area contributed by atoms with Crippen LogP contribution in [0.15, 0.2) is 23.0 Å². The van der Waals surface area contributed by atoms with Gasteiger partial charge in [-0.2, -0.15) is 4.68 Å². The first-order valence-corrected chi connectivity index (χ1v) is 5.97. The highest BCUT2D eigenvalue weighted by Gasteiger charge is 2.06. The molecule has 0 fully saturated rings. The molecule has 1 aromatic carbocycles. The van der Waals surface area contributed by atoms with Crippen molar-refractivity contribution in [3.05, 3.63) is 39.8 Å². The lowest BCUT2D eigenvalue weighted by Crippen LogP contribution is -2.33. The van der Waals surface area contributed by atoms with Crippen molar-refractivity contribution in [2.75, 3.05) is 25.8 Å². The smallest absolute Gasteiger partial charge is 0.299 e. The Hall–Kier alpha value is -2.74. The molecular weight excluding hydrogens is 310 g/mol. The highest BCUT2D eigenvalue weighted by atomic mass is 35.5. The number of hydrogen-bond acceptors (Lipinski definition) is 7. The monoisotopic (exact) mass is 325 g/mol. The van der Waals surface area contributed by atoms with Gasteiger partial charge in [0.1, 0.15) is 0 Å². The fraction of sp³-hybridized carbons (Fsp3) is 0.154. The minimum absolute atomic E-state index is 0. The standard InChI is InChI=1S/C13H15N5O3.ClH/c1-20-10-6-4-8(7-11(10)21-2)3-5-9-12(19)18(15)13(14)17-16-9;/h3-7H,15H2,1-2H3,(H2,14,17);1H. The van der Waals surface area contributed by atoms with Crippen LogP contribution in [0.3, 0.4) is 0 Å². The van der Waals surface area contributed by atoms with Crippen LogP contribution in [-0.4, -0.2) is 29.1 Å². The maximum Gasteiger partial charge on any atom is 0.299 e. The Morgan fingerprint density at radius 1 is 1.14 bits per heavy atom. The van der Waals surface area contributed by atoms with Crippen LogP contribution in [0.4, 0.5) is 5.95 Å². The van der Waals surface area contributed by atoms with Crippen LogP contribution in [-0.2, 0) is 0 Å². The Morgan fingerprint density at radius 3 is 2.45 bits per heavy atom. The van der Waals surface area contributed by atoms with Crippen molar-refractivity contribution in [1.82, 2.24) is 14.9 Å². The zero-order valence-corrected chi connectivity index (χ0v) is 12.8. The number of aromatic nitrogens is 3. The Kier molecular flexibility index (Phi) is 5.76. The minimum Gasteiger partial charge on any atom is -0.493 e. The van der Waals surface area contributed by atoms with E-state index in [-0.39, 0.29) is 24.0 Å². The zero-order chi connectivity index (χ0) is 15.4. The topological polar surface area (TPSA) is 118 Å². The molecule has 1 heterocycles. The van der Waals surface area contributed by atoms with E-state index in [1.54, 1.807) is 32.4 Å². The molecule has 0 radical (unpaired) electrons. The van der Waals surface area contributed by atoms with Gasteiger partial charge in [0.2, 0.25) is 5.95 Å². The largest absolute Gasteiger partial charge is 0.493 e. The van der Waals surface area contributed by atoms with Crippen LogP contribution in [0.2, 0.25) is 0 Å². The van der Waals surface area contributed by atoms with Crippen molar-refractivity contribution < 1.29 is 9.47 Å². The van der Waals surface area contributed by atoms with Crippen LogP contribution in [0.5, 0.6) is 11.5 Å². The normalized spacial score (nSPS) is 10.3. The lowest BCUT2D eigenvalue weighted by Gasteiger charge is -2.07. The first kappa shape index (κ1) is 17.3. The second-order valence-electron chi connectivity index (χ2n) is 4.07. The van der Waals surface area contributed by atoms with Gasteiger partial charge >= 0.3 is 0 Å². The molecule has 118 valence electrons. The van der Waals surface area contributed by atoms with Gasteiger partial charge in [-0.25, -0.2) is 0 Å². The first-order valence-electron chi connectivity index (χ1n) is 5.97. The van der Waals surface area contributed by atoms with Gasteiger partial charge in [0, 0.05) is 0 Å². The first-order chi connectivity index (χ1) is 10.1. The minimum atomic E-state index is -0.528. The number of nitrogens with two attached hydrogens (primary N) is 2. The van der Waals surface area contributed by atoms with Crippen molar-refractivity contribution in [3.8, 4) is 11.5 Å². The van der Waals surface area contributed by atoms with Gasteiger partial charge in [0.15, 0.2) is 17.2 Å². The van der Waals surface area contributed by atoms with E-state index in [4.69, 9.17) is 21.1 Å². The molecule has 0 spiro atoms. The summed E-state index contributed by atoms with van der Waals surface area (Å²) in [6.45, 7) is 0. The highest BCUT2D eigenvalue weighted by molar-refractivity contribution is 5.85. The van der Waals surface area contributed by atoms with E-state index in [2.05, 4.69) is 10.2 Å². The summed E-state index contributed by atoms with van der Waals surface area (Å²) in [5.74, 6) is 6.49. The van der Waals surface area contributed by atoms with Gasteiger partial charge in [-0.15, -0.1) is 22.6 Å². The summed E-state index contributed by atoms with van der Waals surface area (Å²) in [4.78, 5) is 11.8. The van der Waals surface area contributed by atoms with E-state index in [9.17, 15) is 4.79 Å². The number of ether oxygens (including phenoxy) is 2. The number of benzene rings is 1. The summed E-state index contributed by atoms with van der Waals surface area (Å²) < 4.78 is 11.1. The summed E-state index contributed by atoms with van der Waals surface area (Å²) in [6.07, 6.45) is 3.18. The van der Waals surface area contributed by atoms with E-state index >= 15 is 0 Å². The maximum absolute atomic E-state index is 11.8. The number of nitrogen functional groups attached to an aromatic ring is 2. The molecule has 2 rings (SSSR count). The average molecular weight is 326 g/mol. The van der Waals surface area contributed by atoms with Crippen molar-refractivity contribution in [2.24, 2.45) is 0 Å². The average Bonchev–Trinajstić information content (AvgIpc) is 2.51. The van der Waals surface area contributed by atoms with Crippen molar-refractivity contribution in [1.29, 1.82) is 0 Å². The molecule has 8 nitrogen and oxygen atoms in total. The third kappa shape index (κ3) is 3.47. The zero-order valence-electron chi connectivity index (χ0n) is 12.0. The fourth-order valence-corrected chi connectivity index (χ4v) is 1.66. The number of methoxy groups -OCH3 is 2. The predicted octanol–water partition coefficient (Wildman–Crippen LogP) is 0.544. The number of halogens is 1. The second-order valence-corrected chi connectivity index (χ2v) is 4.07. The van der Waals surface area contributed by atoms with Gasteiger partial charge in [-0.05, 0) is 23.8 Å². The Morgan fingerprint density at radius 2 is 1.82 bits per heavy atom. The molecular formula is C13H16ClN5O3. The molecule has 0 aliphatic heterocycles. The van der Waals surface area contributed by atoms with E-state index in [1.165, 1.54) is 6.08 Å². The molecule has 9 heteroatoms. The quantitative estimate of drug-likeness (QED) is 0.787. The molecule has 0 atom stereocenters. The van der Waals surface area contributed by atoms with E-state index in [0.717, 1.165) is 10.2 Å². The molecule has 1 aromatic heterocycles. The molecule has 0 aliphatic carbocycles. The highest BCUT2D eigenvalue weighted by Crippen LogP contribution is 2.28. The third-order valence-electron chi connectivity index (χ3n) is 2.79. The summed E-state index contributed by atoms with van der Waals surface area (Å²) >= 11 is 0. The van der Waals surface area contributed by atoms with Crippen molar-refractivity contribution in [3.63, 3.8) is 0 Å². The Balaban J connectivity index is 0.00000242. The Bertz CT molecular complexity index is 745. The van der Waals surface area contributed by atoms with Crippen LogP contribution in [0.1, 0.15) is 11.3 Å². The Labute approximate surface area is 132 Å².